The minimum Gasteiger partial charge on any atom is -0.348 e. The molecular formula is C21H19N5O2. The third-order valence-corrected chi connectivity index (χ3v) is 4.55. The second-order valence-corrected chi connectivity index (χ2v) is 6.51. The number of para-hydroxylation sites is 1. The van der Waals surface area contributed by atoms with Crippen molar-refractivity contribution in [1.82, 2.24) is 24.6 Å². The van der Waals surface area contributed by atoms with Gasteiger partial charge >= 0.3 is 0 Å². The molecule has 7 nitrogen and oxygen atoms in total. The van der Waals surface area contributed by atoms with Gasteiger partial charge in [-0.3, -0.25) is 14.2 Å². The van der Waals surface area contributed by atoms with Gasteiger partial charge in [-0.1, -0.05) is 48.5 Å². The Balaban J connectivity index is 1.56. The third-order valence-electron chi connectivity index (χ3n) is 4.55. The Kier molecular flexibility index (Phi) is 4.72. The third kappa shape index (κ3) is 3.42. The zero-order valence-corrected chi connectivity index (χ0v) is 15.3. The van der Waals surface area contributed by atoms with Gasteiger partial charge in [-0.2, -0.15) is 5.10 Å². The van der Waals surface area contributed by atoms with Gasteiger partial charge in [-0.05, 0) is 24.6 Å². The van der Waals surface area contributed by atoms with Gasteiger partial charge in [0.2, 0.25) is 5.91 Å². The van der Waals surface area contributed by atoms with Crippen LogP contribution in [0.2, 0.25) is 0 Å². The summed E-state index contributed by atoms with van der Waals surface area (Å²) >= 11 is 0. The smallest absolute Gasteiger partial charge is 0.264 e. The monoisotopic (exact) mass is 373 g/mol. The Labute approximate surface area is 161 Å². The molecule has 0 fully saturated rings. The Hall–Kier alpha value is -3.74. The maximum atomic E-state index is 12.8. The summed E-state index contributed by atoms with van der Waals surface area (Å²) < 4.78 is 2.91. The van der Waals surface area contributed by atoms with E-state index >= 15 is 0 Å². The molecule has 0 radical (unpaired) electrons. The van der Waals surface area contributed by atoms with Crippen molar-refractivity contribution in [2.75, 3.05) is 0 Å². The van der Waals surface area contributed by atoms with Crippen LogP contribution in [-0.4, -0.2) is 25.2 Å². The van der Waals surface area contributed by atoms with Crippen molar-refractivity contribution >= 4 is 16.9 Å². The number of aromatic nitrogens is 4. The van der Waals surface area contributed by atoms with Gasteiger partial charge < -0.3 is 5.32 Å². The molecule has 2 heterocycles. The second kappa shape index (κ2) is 7.48. The molecule has 0 unspecified atom stereocenters. The standard InChI is InChI=1S/C21H19N5O2/c1-15(16-8-4-2-5-9-16)24-19(27)13-25-14-22-20-18(21(25)28)12-23-26(20)17-10-6-3-7-11-17/h2-12,14-15H,13H2,1H3,(H,24,27)/t15-/m0/s1. The molecule has 0 aliphatic heterocycles. The summed E-state index contributed by atoms with van der Waals surface area (Å²) in [5.74, 6) is -0.255. The molecule has 0 spiro atoms. The van der Waals surface area contributed by atoms with E-state index < -0.39 is 0 Å². The molecule has 2 aromatic carbocycles. The molecule has 0 aliphatic carbocycles. The molecule has 4 rings (SSSR count). The number of nitrogens with zero attached hydrogens (tertiary/aromatic N) is 4. The van der Waals surface area contributed by atoms with Crippen LogP contribution in [0.4, 0.5) is 0 Å². The van der Waals surface area contributed by atoms with Gasteiger partial charge in [0.05, 0.1) is 17.9 Å². The summed E-state index contributed by atoms with van der Waals surface area (Å²) in [5.41, 5.74) is 1.98. The van der Waals surface area contributed by atoms with E-state index in [0.29, 0.717) is 11.0 Å². The maximum Gasteiger partial charge on any atom is 0.264 e. The van der Waals surface area contributed by atoms with Crippen molar-refractivity contribution in [3.05, 3.63) is 89.1 Å². The van der Waals surface area contributed by atoms with E-state index in [4.69, 9.17) is 0 Å². The Morgan fingerprint density at radius 2 is 1.75 bits per heavy atom. The van der Waals surface area contributed by atoms with Crippen LogP contribution in [-0.2, 0) is 11.3 Å². The van der Waals surface area contributed by atoms with E-state index in [1.165, 1.54) is 17.1 Å². The van der Waals surface area contributed by atoms with Gasteiger partial charge in [0.15, 0.2) is 5.65 Å². The predicted molar refractivity (Wildman–Crippen MR) is 106 cm³/mol. The minimum absolute atomic E-state index is 0.102. The fourth-order valence-electron chi connectivity index (χ4n) is 3.09. The SMILES string of the molecule is C[C@H](NC(=O)Cn1cnc2c(cnn2-c2ccccc2)c1=O)c1ccccc1. The van der Waals surface area contributed by atoms with Crippen LogP contribution < -0.4 is 10.9 Å². The predicted octanol–water partition coefficient (Wildman–Crippen LogP) is 2.46. The highest BCUT2D eigenvalue weighted by Gasteiger charge is 2.14. The first-order valence-electron chi connectivity index (χ1n) is 8.96. The summed E-state index contributed by atoms with van der Waals surface area (Å²) in [7, 11) is 0. The molecule has 28 heavy (non-hydrogen) atoms. The van der Waals surface area contributed by atoms with Crippen molar-refractivity contribution in [3.8, 4) is 5.69 Å². The van der Waals surface area contributed by atoms with Crippen LogP contribution in [0.15, 0.2) is 78.0 Å². The summed E-state index contributed by atoms with van der Waals surface area (Å²) in [5, 5.41) is 7.55. The number of carbonyl (C=O) groups excluding carboxylic acids is 1. The molecule has 0 aliphatic rings. The molecule has 0 saturated carbocycles. The minimum atomic E-state index is -0.297. The fraction of sp³-hybridized carbons (Fsp3) is 0.143. The first-order valence-corrected chi connectivity index (χ1v) is 8.96. The number of rotatable bonds is 5. The molecule has 1 N–H and O–H groups in total. The number of amides is 1. The van der Waals surface area contributed by atoms with Crippen molar-refractivity contribution in [2.45, 2.75) is 19.5 Å². The fourth-order valence-corrected chi connectivity index (χ4v) is 3.09. The van der Waals surface area contributed by atoms with Crippen LogP contribution in [0.25, 0.3) is 16.7 Å². The average Bonchev–Trinajstić information content (AvgIpc) is 3.16. The Morgan fingerprint density at radius 3 is 2.46 bits per heavy atom. The van der Waals surface area contributed by atoms with Crippen molar-refractivity contribution < 1.29 is 4.79 Å². The second-order valence-electron chi connectivity index (χ2n) is 6.51. The topological polar surface area (TPSA) is 81.8 Å². The van der Waals surface area contributed by atoms with Gasteiger partial charge in [0.1, 0.15) is 18.3 Å². The molecule has 7 heteroatoms. The molecule has 1 amide bonds. The molecule has 0 bridgehead atoms. The summed E-state index contributed by atoms with van der Waals surface area (Å²) in [6.45, 7) is 1.80. The van der Waals surface area contributed by atoms with E-state index in [1.807, 2.05) is 67.6 Å². The van der Waals surface area contributed by atoms with E-state index in [9.17, 15) is 9.59 Å². The summed E-state index contributed by atoms with van der Waals surface area (Å²) in [6, 6.07) is 19.0. The van der Waals surface area contributed by atoms with Crippen molar-refractivity contribution in [2.24, 2.45) is 0 Å². The number of fused-ring (bicyclic) bond motifs is 1. The largest absolute Gasteiger partial charge is 0.348 e. The van der Waals surface area contributed by atoms with E-state index in [0.717, 1.165) is 11.3 Å². The van der Waals surface area contributed by atoms with Crippen LogP contribution in [0.5, 0.6) is 0 Å². The highest BCUT2D eigenvalue weighted by atomic mass is 16.2. The van der Waals surface area contributed by atoms with Crippen LogP contribution in [0.3, 0.4) is 0 Å². The zero-order chi connectivity index (χ0) is 19.5. The Bertz CT molecular complexity index is 1170. The van der Waals surface area contributed by atoms with E-state index in [-0.39, 0.29) is 24.1 Å². The highest BCUT2D eigenvalue weighted by Crippen LogP contribution is 2.13. The number of nitrogens with one attached hydrogen (secondary N) is 1. The van der Waals surface area contributed by atoms with Gasteiger partial charge in [-0.15, -0.1) is 0 Å². The van der Waals surface area contributed by atoms with Gasteiger partial charge in [0, 0.05) is 0 Å². The number of benzene rings is 2. The van der Waals surface area contributed by atoms with Crippen LogP contribution in [0, 0.1) is 0 Å². The van der Waals surface area contributed by atoms with Crippen molar-refractivity contribution in [1.29, 1.82) is 0 Å². The molecule has 1 atom stereocenters. The summed E-state index contributed by atoms with van der Waals surface area (Å²) in [6.07, 6.45) is 2.87. The average molecular weight is 373 g/mol. The number of hydrogen-bond acceptors (Lipinski definition) is 4. The lowest BCUT2D eigenvalue weighted by Gasteiger charge is -2.14. The normalized spacial score (nSPS) is 12.0. The maximum absolute atomic E-state index is 12.8. The van der Waals surface area contributed by atoms with Crippen molar-refractivity contribution in [3.63, 3.8) is 0 Å². The first-order chi connectivity index (χ1) is 13.6. The molecule has 140 valence electrons. The lowest BCUT2D eigenvalue weighted by atomic mass is 10.1. The van der Waals surface area contributed by atoms with Gasteiger partial charge in [-0.25, -0.2) is 9.67 Å². The zero-order valence-electron chi connectivity index (χ0n) is 15.3. The number of carbonyl (C=O) groups is 1. The summed E-state index contributed by atoms with van der Waals surface area (Å²) in [4.78, 5) is 29.5. The van der Waals surface area contributed by atoms with Crippen LogP contribution in [0.1, 0.15) is 18.5 Å². The lowest BCUT2D eigenvalue weighted by molar-refractivity contribution is -0.122. The van der Waals surface area contributed by atoms with Crippen LogP contribution >= 0.6 is 0 Å². The lowest BCUT2D eigenvalue weighted by Crippen LogP contribution is -2.33. The highest BCUT2D eigenvalue weighted by molar-refractivity contribution is 5.78. The first kappa shape index (κ1) is 17.7. The van der Waals surface area contributed by atoms with Gasteiger partial charge in [0.25, 0.3) is 5.56 Å². The molecule has 0 saturated heterocycles. The van der Waals surface area contributed by atoms with E-state index in [2.05, 4.69) is 15.4 Å². The van der Waals surface area contributed by atoms with E-state index in [1.54, 1.807) is 4.68 Å². The quantitative estimate of drug-likeness (QED) is 0.583. The number of hydrogen-bond donors (Lipinski definition) is 1. The molecular weight excluding hydrogens is 354 g/mol. The molecule has 4 aromatic rings. The molecule has 2 aromatic heterocycles. The Morgan fingerprint density at radius 1 is 1.07 bits per heavy atom.